The van der Waals surface area contributed by atoms with Gasteiger partial charge in [-0.25, -0.2) is 4.79 Å². The summed E-state index contributed by atoms with van der Waals surface area (Å²) in [4.78, 5) is 24.9. The minimum absolute atomic E-state index is 0.159. The Morgan fingerprint density at radius 1 is 0.857 bits per heavy atom. The van der Waals surface area contributed by atoms with Crippen molar-refractivity contribution in [3.63, 3.8) is 0 Å². The molecule has 0 aromatic heterocycles. The summed E-state index contributed by atoms with van der Waals surface area (Å²) in [7, 11) is 5.84. The van der Waals surface area contributed by atoms with Crippen molar-refractivity contribution in [3.05, 3.63) is 42.0 Å². The molecule has 2 aromatic rings. The zero-order chi connectivity index (χ0) is 20.7. The molecule has 150 valence electrons. The number of anilines is 1. The van der Waals surface area contributed by atoms with E-state index in [9.17, 15) is 9.59 Å². The summed E-state index contributed by atoms with van der Waals surface area (Å²) < 4.78 is 26.1. The highest BCUT2D eigenvalue weighted by Gasteiger charge is 2.23. The Hall–Kier alpha value is -3.42. The Morgan fingerprint density at radius 3 is 1.96 bits per heavy atom. The number of esters is 1. The number of methoxy groups -OCH3 is 4. The molecule has 1 unspecified atom stereocenters. The molecule has 0 fully saturated rings. The van der Waals surface area contributed by atoms with Gasteiger partial charge in [0.25, 0.3) is 5.91 Å². The molecular weight excluding hydrogens is 366 g/mol. The minimum Gasteiger partial charge on any atom is -0.495 e. The van der Waals surface area contributed by atoms with E-state index >= 15 is 0 Å². The van der Waals surface area contributed by atoms with Gasteiger partial charge in [0, 0.05) is 0 Å². The standard InChI is InChI=1S/C20H23NO7/c1-12(19(22)21-14-8-6-7-9-15(14)24-2)28-20(23)13-10-16(25-3)18(27-5)17(11-13)26-4/h6-12H,1-5H3,(H,21,22). The van der Waals surface area contributed by atoms with E-state index in [0.29, 0.717) is 28.7 Å². The Morgan fingerprint density at radius 2 is 1.43 bits per heavy atom. The molecule has 0 saturated heterocycles. The monoisotopic (exact) mass is 389 g/mol. The van der Waals surface area contributed by atoms with E-state index in [1.165, 1.54) is 47.5 Å². The van der Waals surface area contributed by atoms with Crippen molar-refractivity contribution in [3.8, 4) is 23.0 Å². The predicted molar refractivity (Wildman–Crippen MR) is 103 cm³/mol. The lowest BCUT2D eigenvalue weighted by Gasteiger charge is -2.17. The fourth-order valence-electron chi connectivity index (χ4n) is 2.46. The van der Waals surface area contributed by atoms with Gasteiger partial charge in [-0.1, -0.05) is 12.1 Å². The molecule has 1 amide bonds. The Kier molecular flexibility index (Phi) is 7.08. The number of carbonyl (C=O) groups excluding carboxylic acids is 2. The first kappa shape index (κ1) is 20.9. The van der Waals surface area contributed by atoms with Gasteiger partial charge in [-0.3, -0.25) is 4.79 Å². The van der Waals surface area contributed by atoms with E-state index in [1.54, 1.807) is 24.3 Å². The van der Waals surface area contributed by atoms with E-state index in [2.05, 4.69) is 5.32 Å². The van der Waals surface area contributed by atoms with Crippen LogP contribution in [0.4, 0.5) is 5.69 Å². The van der Waals surface area contributed by atoms with Gasteiger partial charge in [0.05, 0.1) is 39.7 Å². The highest BCUT2D eigenvalue weighted by molar-refractivity contribution is 5.98. The average molecular weight is 389 g/mol. The highest BCUT2D eigenvalue weighted by atomic mass is 16.6. The molecule has 1 N–H and O–H groups in total. The first-order valence-electron chi connectivity index (χ1n) is 8.40. The van der Waals surface area contributed by atoms with Gasteiger partial charge in [-0.05, 0) is 31.2 Å². The third kappa shape index (κ3) is 4.64. The molecule has 0 aliphatic heterocycles. The van der Waals surface area contributed by atoms with Crippen molar-refractivity contribution in [1.82, 2.24) is 0 Å². The van der Waals surface area contributed by atoms with Crippen molar-refractivity contribution in [2.75, 3.05) is 33.8 Å². The number of para-hydroxylation sites is 2. The molecular formula is C20H23NO7. The molecule has 2 aromatic carbocycles. The summed E-state index contributed by atoms with van der Waals surface area (Å²) in [6, 6.07) is 9.84. The van der Waals surface area contributed by atoms with Crippen LogP contribution in [0.25, 0.3) is 0 Å². The van der Waals surface area contributed by atoms with Crippen LogP contribution in [0.15, 0.2) is 36.4 Å². The summed E-state index contributed by atoms with van der Waals surface area (Å²) in [5, 5.41) is 2.67. The lowest BCUT2D eigenvalue weighted by atomic mass is 10.2. The zero-order valence-corrected chi connectivity index (χ0v) is 16.4. The van der Waals surface area contributed by atoms with Crippen molar-refractivity contribution >= 4 is 17.6 Å². The Balaban J connectivity index is 2.14. The van der Waals surface area contributed by atoms with Crippen LogP contribution in [0.5, 0.6) is 23.0 Å². The molecule has 0 spiro atoms. The second-order valence-electron chi connectivity index (χ2n) is 5.65. The maximum Gasteiger partial charge on any atom is 0.339 e. The van der Waals surface area contributed by atoms with Crippen molar-refractivity contribution in [2.24, 2.45) is 0 Å². The van der Waals surface area contributed by atoms with Crippen LogP contribution in [-0.2, 0) is 9.53 Å². The smallest absolute Gasteiger partial charge is 0.339 e. The second-order valence-corrected chi connectivity index (χ2v) is 5.65. The normalized spacial score (nSPS) is 11.2. The Labute approximate surface area is 163 Å². The molecule has 0 aliphatic carbocycles. The van der Waals surface area contributed by atoms with Gasteiger partial charge in [-0.15, -0.1) is 0 Å². The summed E-state index contributed by atoms with van der Waals surface area (Å²) in [6.07, 6.45) is -1.04. The third-order valence-corrected chi connectivity index (χ3v) is 3.92. The van der Waals surface area contributed by atoms with E-state index in [4.69, 9.17) is 23.7 Å². The van der Waals surface area contributed by atoms with Gasteiger partial charge in [0.2, 0.25) is 5.75 Å². The number of carbonyl (C=O) groups is 2. The fourth-order valence-corrected chi connectivity index (χ4v) is 2.46. The average Bonchev–Trinajstić information content (AvgIpc) is 2.72. The molecule has 0 saturated carbocycles. The first-order chi connectivity index (χ1) is 13.4. The van der Waals surface area contributed by atoms with Crippen molar-refractivity contribution in [1.29, 1.82) is 0 Å². The molecule has 0 heterocycles. The van der Waals surface area contributed by atoms with Crippen LogP contribution < -0.4 is 24.3 Å². The van der Waals surface area contributed by atoms with Crippen LogP contribution in [0.3, 0.4) is 0 Å². The topological polar surface area (TPSA) is 92.3 Å². The van der Waals surface area contributed by atoms with Crippen LogP contribution in [0, 0.1) is 0 Å². The van der Waals surface area contributed by atoms with Crippen LogP contribution in [0.1, 0.15) is 17.3 Å². The molecule has 0 radical (unpaired) electrons. The van der Waals surface area contributed by atoms with E-state index in [0.717, 1.165) is 0 Å². The molecule has 8 heteroatoms. The van der Waals surface area contributed by atoms with E-state index in [1.807, 2.05) is 0 Å². The lowest BCUT2D eigenvalue weighted by Crippen LogP contribution is -2.30. The SMILES string of the molecule is COc1ccccc1NC(=O)C(C)OC(=O)c1cc(OC)c(OC)c(OC)c1. The lowest BCUT2D eigenvalue weighted by molar-refractivity contribution is -0.123. The van der Waals surface area contributed by atoms with Crippen LogP contribution in [0.2, 0.25) is 0 Å². The predicted octanol–water partition coefficient (Wildman–Crippen LogP) is 2.91. The highest BCUT2D eigenvalue weighted by Crippen LogP contribution is 2.38. The molecule has 28 heavy (non-hydrogen) atoms. The minimum atomic E-state index is -1.04. The number of nitrogens with one attached hydrogen (secondary N) is 1. The van der Waals surface area contributed by atoms with E-state index < -0.39 is 18.0 Å². The second kappa shape index (κ2) is 9.50. The zero-order valence-electron chi connectivity index (χ0n) is 16.4. The number of benzene rings is 2. The molecule has 2 rings (SSSR count). The number of hydrogen-bond donors (Lipinski definition) is 1. The summed E-state index contributed by atoms with van der Waals surface area (Å²) in [6.45, 7) is 1.47. The third-order valence-electron chi connectivity index (χ3n) is 3.92. The molecule has 0 bridgehead atoms. The summed E-state index contributed by atoms with van der Waals surface area (Å²) >= 11 is 0. The Bertz CT molecular complexity index is 825. The van der Waals surface area contributed by atoms with Crippen molar-refractivity contribution < 1.29 is 33.3 Å². The molecule has 1 atom stereocenters. The number of rotatable bonds is 8. The van der Waals surface area contributed by atoms with Gasteiger partial charge < -0.3 is 29.0 Å². The maximum atomic E-state index is 12.5. The van der Waals surface area contributed by atoms with Crippen LogP contribution >= 0.6 is 0 Å². The maximum absolute atomic E-state index is 12.5. The summed E-state index contributed by atoms with van der Waals surface area (Å²) in [5.74, 6) is 0.259. The van der Waals surface area contributed by atoms with Crippen LogP contribution in [-0.4, -0.2) is 46.4 Å². The van der Waals surface area contributed by atoms with Gasteiger partial charge in [0.15, 0.2) is 17.6 Å². The number of amides is 1. The van der Waals surface area contributed by atoms with Gasteiger partial charge >= 0.3 is 5.97 Å². The van der Waals surface area contributed by atoms with Gasteiger partial charge in [-0.2, -0.15) is 0 Å². The molecule has 0 aliphatic rings. The quantitative estimate of drug-likeness (QED) is 0.694. The number of hydrogen-bond acceptors (Lipinski definition) is 7. The first-order valence-corrected chi connectivity index (χ1v) is 8.40. The van der Waals surface area contributed by atoms with E-state index in [-0.39, 0.29) is 5.56 Å². The fraction of sp³-hybridized carbons (Fsp3) is 0.300. The molecule has 8 nitrogen and oxygen atoms in total. The largest absolute Gasteiger partial charge is 0.495 e. The van der Waals surface area contributed by atoms with Crippen molar-refractivity contribution in [2.45, 2.75) is 13.0 Å². The summed E-state index contributed by atoms with van der Waals surface area (Å²) in [5.41, 5.74) is 0.636. The van der Waals surface area contributed by atoms with Gasteiger partial charge in [0.1, 0.15) is 5.75 Å². The number of ether oxygens (including phenoxy) is 5.